The number of benzene rings is 2. The maximum absolute atomic E-state index is 12.4. The number of halogens is 4. The topological polar surface area (TPSA) is 46.6 Å². The fourth-order valence-electron chi connectivity index (χ4n) is 2.38. The van der Waals surface area contributed by atoms with E-state index < -0.39 is 24.7 Å². The number of nitrogens with zero attached hydrogens (tertiary/aromatic N) is 1. The average Bonchev–Trinajstić information content (AvgIpc) is 2.61. The summed E-state index contributed by atoms with van der Waals surface area (Å²) in [5.74, 6) is -2.69. The highest BCUT2D eigenvalue weighted by Gasteiger charge is 2.32. The van der Waals surface area contributed by atoms with Crippen molar-refractivity contribution >= 4 is 23.5 Å². The Morgan fingerprint density at radius 2 is 1.74 bits per heavy atom. The van der Waals surface area contributed by atoms with Crippen LogP contribution in [0.3, 0.4) is 0 Å². The first kappa shape index (κ1) is 20.8. The van der Waals surface area contributed by atoms with Crippen LogP contribution in [0, 0.1) is 6.92 Å². The van der Waals surface area contributed by atoms with Crippen molar-refractivity contribution in [3.05, 3.63) is 70.2 Å². The Morgan fingerprint density at radius 1 is 1.07 bits per heavy atom. The molecule has 0 heterocycles. The molecule has 0 saturated carbocycles. The Morgan fingerprint density at radius 3 is 2.33 bits per heavy atom. The largest absolute Gasteiger partial charge is 0.449 e. The van der Waals surface area contributed by atoms with E-state index in [4.69, 9.17) is 11.6 Å². The van der Waals surface area contributed by atoms with E-state index in [1.54, 1.807) is 55.5 Å². The summed E-state index contributed by atoms with van der Waals surface area (Å²) in [6, 6.07) is 13.8. The molecule has 0 aromatic heterocycles. The molecule has 0 atom stereocenters. The third-order valence-electron chi connectivity index (χ3n) is 3.71. The third-order valence-corrected chi connectivity index (χ3v) is 3.95. The summed E-state index contributed by atoms with van der Waals surface area (Å²) in [6.45, 7) is 0.0474. The lowest BCUT2D eigenvalue weighted by atomic mass is 10.1. The predicted octanol–water partition coefficient (Wildman–Crippen LogP) is 4.28. The molecule has 2 rings (SSSR count). The van der Waals surface area contributed by atoms with Crippen LogP contribution in [0.4, 0.5) is 13.2 Å². The second-order valence-electron chi connectivity index (χ2n) is 5.91. The van der Waals surface area contributed by atoms with Gasteiger partial charge in [-0.05, 0) is 35.7 Å². The molecule has 8 heteroatoms. The minimum Gasteiger partial charge on any atom is -0.449 e. The van der Waals surface area contributed by atoms with Gasteiger partial charge in [-0.25, -0.2) is 4.79 Å². The van der Waals surface area contributed by atoms with Crippen molar-refractivity contribution in [1.82, 2.24) is 4.90 Å². The van der Waals surface area contributed by atoms with E-state index in [0.717, 1.165) is 16.0 Å². The minimum absolute atomic E-state index is 0.0256. The van der Waals surface area contributed by atoms with Crippen LogP contribution in [0.15, 0.2) is 48.5 Å². The van der Waals surface area contributed by atoms with Gasteiger partial charge in [-0.1, -0.05) is 48.0 Å². The molecule has 1 amide bonds. The quantitative estimate of drug-likeness (QED) is 0.557. The number of ether oxygens (including phenoxy) is 1. The fraction of sp³-hybridized carbons (Fsp3) is 0.263. The van der Waals surface area contributed by atoms with E-state index >= 15 is 0 Å². The Balaban J connectivity index is 2.20. The lowest BCUT2D eigenvalue weighted by Gasteiger charge is -2.23. The molecule has 0 bridgehead atoms. The Kier molecular flexibility index (Phi) is 6.85. The molecule has 0 spiro atoms. The average molecular weight is 400 g/mol. The van der Waals surface area contributed by atoms with Crippen molar-refractivity contribution in [2.45, 2.75) is 26.2 Å². The van der Waals surface area contributed by atoms with E-state index in [0.29, 0.717) is 10.6 Å². The number of hydrogen-bond acceptors (Lipinski definition) is 3. The monoisotopic (exact) mass is 399 g/mol. The maximum Gasteiger partial charge on any atom is 0.422 e. The molecule has 4 nitrogen and oxygen atoms in total. The number of carbonyl (C=O) groups excluding carboxylic acids is 2. The van der Waals surface area contributed by atoms with E-state index in [1.165, 1.54) is 0 Å². The molecule has 0 aliphatic carbocycles. The van der Waals surface area contributed by atoms with Gasteiger partial charge in [0.15, 0.2) is 6.61 Å². The van der Waals surface area contributed by atoms with Gasteiger partial charge in [0.2, 0.25) is 0 Å². The lowest BCUT2D eigenvalue weighted by molar-refractivity contribution is -0.189. The number of amides is 1. The molecule has 0 saturated heterocycles. The Bertz CT molecular complexity index is 810. The lowest BCUT2D eigenvalue weighted by Crippen LogP contribution is -2.38. The van der Waals surface area contributed by atoms with Gasteiger partial charge in [0.05, 0.1) is 0 Å². The van der Waals surface area contributed by atoms with Gasteiger partial charge in [-0.15, -0.1) is 0 Å². The van der Waals surface area contributed by atoms with Crippen LogP contribution >= 0.6 is 11.6 Å². The van der Waals surface area contributed by atoms with Crippen LogP contribution in [0.1, 0.15) is 16.7 Å². The molecule has 2 aromatic rings. The van der Waals surface area contributed by atoms with Crippen LogP contribution in [0.25, 0.3) is 0 Å². The van der Waals surface area contributed by atoms with E-state index in [1.807, 2.05) is 0 Å². The molecule has 0 aliphatic heterocycles. The number of aryl methyl sites for hydroxylation is 1. The molecule has 27 heavy (non-hydrogen) atoms. The van der Waals surface area contributed by atoms with Gasteiger partial charge >= 0.3 is 18.1 Å². The highest BCUT2D eigenvalue weighted by atomic mass is 35.5. The summed E-state index contributed by atoms with van der Waals surface area (Å²) >= 11 is 5.92. The minimum atomic E-state index is -4.70. The highest BCUT2D eigenvalue weighted by Crippen LogP contribution is 2.19. The molecule has 0 unspecified atom stereocenters. The second-order valence-corrected chi connectivity index (χ2v) is 6.35. The first-order valence-electron chi connectivity index (χ1n) is 7.97. The van der Waals surface area contributed by atoms with Crippen LogP contribution in [0.5, 0.6) is 0 Å². The van der Waals surface area contributed by atoms with Gasteiger partial charge in [-0.3, -0.25) is 4.79 Å². The van der Waals surface area contributed by atoms with Gasteiger partial charge < -0.3 is 9.64 Å². The summed E-state index contributed by atoms with van der Waals surface area (Å²) in [6.07, 6.45) is -4.70. The summed E-state index contributed by atoms with van der Waals surface area (Å²) in [4.78, 5) is 25.4. The summed E-state index contributed by atoms with van der Waals surface area (Å²) in [7, 11) is 0. The molecule has 0 aliphatic rings. The van der Waals surface area contributed by atoms with Crippen LogP contribution in [0.2, 0.25) is 5.02 Å². The van der Waals surface area contributed by atoms with Crippen molar-refractivity contribution in [2.24, 2.45) is 0 Å². The Labute approximate surface area is 159 Å². The van der Waals surface area contributed by atoms with Crippen molar-refractivity contribution < 1.29 is 27.5 Å². The molecule has 0 N–H and O–H groups in total. The first-order chi connectivity index (χ1) is 12.7. The van der Waals surface area contributed by atoms with E-state index in [-0.39, 0.29) is 13.1 Å². The van der Waals surface area contributed by atoms with Gasteiger partial charge in [0.1, 0.15) is 0 Å². The van der Waals surface area contributed by atoms with Gasteiger partial charge in [-0.2, -0.15) is 13.2 Å². The van der Waals surface area contributed by atoms with Crippen LogP contribution in [-0.2, 0) is 27.4 Å². The van der Waals surface area contributed by atoms with E-state index in [9.17, 15) is 22.8 Å². The predicted molar refractivity (Wildman–Crippen MR) is 93.9 cm³/mol. The molecule has 0 radical (unpaired) electrons. The molecule has 2 aromatic carbocycles. The molecular weight excluding hydrogens is 383 g/mol. The van der Waals surface area contributed by atoms with Gasteiger partial charge in [0, 0.05) is 18.1 Å². The molecule has 144 valence electrons. The number of carbonyl (C=O) groups is 2. The van der Waals surface area contributed by atoms with Crippen molar-refractivity contribution in [3.63, 3.8) is 0 Å². The summed E-state index contributed by atoms with van der Waals surface area (Å²) in [5, 5.41) is 0.516. The van der Waals surface area contributed by atoms with Crippen LogP contribution < -0.4 is 0 Å². The number of alkyl halides is 3. The van der Waals surface area contributed by atoms with E-state index in [2.05, 4.69) is 4.74 Å². The second kappa shape index (κ2) is 8.90. The standard InChI is InChI=1S/C19H17ClF3NO3/c1-13-9-16(20)8-7-15(13)11-24(10-14-5-3-2-4-6-14)17(25)18(26)27-12-19(21,22)23/h2-9H,10-12H2,1H3. The fourth-order valence-corrected chi connectivity index (χ4v) is 2.61. The SMILES string of the molecule is Cc1cc(Cl)ccc1CN(Cc1ccccc1)C(=O)C(=O)OCC(F)(F)F. The summed E-state index contributed by atoms with van der Waals surface area (Å²) < 4.78 is 40.8. The maximum atomic E-state index is 12.4. The number of hydrogen-bond donors (Lipinski definition) is 0. The number of rotatable bonds is 5. The normalized spacial score (nSPS) is 11.1. The smallest absolute Gasteiger partial charge is 0.422 e. The third kappa shape index (κ3) is 6.60. The Hall–Kier alpha value is -2.54. The van der Waals surface area contributed by atoms with Crippen LogP contribution in [-0.4, -0.2) is 29.6 Å². The van der Waals surface area contributed by atoms with Crippen molar-refractivity contribution in [2.75, 3.05) is 6.61 Å². The number of esters is 1. The zero-order valence-electron chi connectivity index (χ0n) is 14.4. The first-order valence-corrected chi connectivity index (χ1v) is 8.35. The van der Waals surface area contributed by atoms with Crippen molar-refractivity contribution in [1.29, 1.82) is 0 Å². The van der Waals surface area contributed by atoms with Crippen molar-refractivity contribution in [3.8, 4) is 0 Å². The highest BCUT2D eigenvalue weighted by molar-refractivity contribution is 6.32. The molecular formula is C19H17ClF3NO3. The zero-order chi connectivity index (χ0) is 20.0. The van der Waals surface area contributed by atoms with Gasteiger partial charge in [0.25, 0.3) is 0 Å². The molecule has 0 fully saturated rings. The summed E-state index contributed by atoms with van der Waals surface area (Å²) in [5.41, 5.74) is 2.23. The zero-order valence-corrected chi connectivity index (χ0v) is 15.2.